The second-order valence-electron chi connectivity index (χ2n) is 3.90. The molecule has 0 aromatic rings. The van der Waals surface area contributed by atoms with Gasteiger partial charge in [-0.2, -0.15) is 17.0 Å². The smallest absolute Gasteiger partial charge is 0.322 e. The van der Waals surface area contributed by atoms with Gasteiger partial charge in [0, 0.05) is 20.1 Å². The van der Waals surface area contributed by atoms with Crippen molar-refractivity contribution in [3.63, 3.8) is 0 Å². The normalized spacial score (nSPS) is 14.8. The van der Waals surface area contributed by atoms with Crippen LogP contribution in [-0.4, -0.2) is 54.3 Å². The van der Waals surface area contributed by atoms with Gasteiger partial charge in [0.25, 0.3) is 10.2 Å². The van der Waals surface area contributed by atoms with Crippen LogP contribution in [0.25, 0.3) is 0 Å². The number of hydrogen-bond acceptors (Lipinski definition) is 3. The van der Waals surface area contributed by atoms with Crippen molar-refractivity contribution in [2.45, 2.75) is 39.3 Å². The lowest BCUT2D eigenvalue weighted by Gasteiger charge is -2.30. The van der Waals surface area contributed by atoms with E-state index in [2.05, 4.69) is 0 Å². The second kappa shape index (κ2) is 5.60. The third kappa shape index (κ3) is 3.16. The molecule has 0 bridgehead atoms. The largest absolute Gasteiger partial charge is 0.480 e. The standard InChI is InChI=1S/C9H20N2O4S/c1-6-8(9(12)13)11(5)16(14,15)10(4)7(2)3/h7-8H,6H2,1-5H3,(H,12,13). The van der Waals surface area contributed by atoms with Gasteiger partial charge in [-0.05, 0) is 20.3 Å². The van der Waals surface area contributed by atoms with E-state index in [-0.39, 0.29) is 12.5 Å². The molecule has 0 fully saturated rings. The van der Waals surface area contributed by atoms with E-state index < -0.39 is 22.2 Å². The topological polar surface area (TPSA) is 77.9 Å². The van der Waals surface area contributed by atoms with Gasteiger partial charge in [0.2, 0.25) is 0 Å². The van der Waals surface area contributed by atoms with Crippen molar-refractivity contribution < 1.29 is 18.3 Å². The van der Waals surface area contributed by atoms with Crippen LogP contribution in [0.2, 0.25) is 0 Å². The molecule has 0 aliphatic rings. The van der Waals surface area contributed by atoms with Crippen LogP contribution >= 0.6 is 0 Å². The van der Waals surface area contributed by atoms with E-state index in [9.17, 15) is 13.2 Å². The molecule has 7 heteroatoms. The number of likely N-dealkylation sites (N-methyl/N-ethyl adjacent to an activating group) is 1. The third-order valence-corrected chi connectivity index (χ3v) is 4.70. The molecule has 0 saturated heterocycles. The Morgan fingerprint density at radius 1 is 1.25 bits per heavy atom. The van der Waals surface area contributed by atoms with Gasteiger partial charge in [-0.3, -0.25) is 4.79 Å². The molecule has 1 atom stereocenters. The van der Waals surface area contributed by atoms with Gasteiger partial charge in [-0.1, -0.05) is 6.92 Å². The van der Waals surface area contributed by atoms with Gasteiger partial charge in [0.15, 0.2) is 0 Å². The summed E-state index contributed by atoms with van der Waals surface area (Å²) in [5.41, 5.74) is 0. The van der Waals surface area contributed by atoms with Crippen LogP contribution in [0, 0.1) is 0 Å². The first-order valence-corrected chi connectivity index (χ1v) is 6.49. The fourth-order valence-corrected chi connectivity index (χ4v) is 2.72. The summed E-state index contributed by atoms with van der Waals surface area (Å²) in [6.45, 7) is 5.10. The summed E-state index contributed by atoms with van der Waals surface area (Å²) in [7, 11) is -0.985. The number of aliphatic carboxylic acids is 1. The first-order chi connectivity index (χ1) is 7.16. The zero-order chi connectivity index (χ0) is 13.1. The summed E-state index contributed by atoms with van der Waals surface area (Å²) in [6, 6.07) is -1.23. The molecular formula is C9H20N2O4S. The first kappa shape index (κ1) is 15.3. The summed E-state index contributed by atoms with van der Waals surface area (Å²) in [6.07, 6.45) is 0.233. The minimum Gasteiger partial charge on any atom is -0.480 e. The monoisotopic (exact) mass is 252 g/mol. The molecule has 0 aromatic carbocycles. The number of carbonyl (C=O) groups is 1. The van der Waals surface area contributed by atoms with Crippen LogP contribution in [0.4, 0.5) is 0 Å². The molecule has 6 nitrogen and oxygen atoms in total. The van der Waals surface area contributed by atoms with E-state index in [0.29, 0.717) is 0 Å². The molecule has 1 unspecified atom stereocenters. The molecule has 0 rings (SSSR count). The predicted molar refractivity (Wildman–Crippen MR) is 61.3 cm³/mol. The average Bonchev–Trinajstić information content (AvgIpc) is 2.16. The quantitative estimate of drug-likeness (QED) is 0.740. The Morgan fingerprint density at radius 2 is 1.69 bits per heavy atom. The molecule has 0 aliphatic heterocycles. The van der Waals surface area contributed by atoms with E-state index in [1.54, 1.807) is 20.8 Å². The Labute approximate surface area is 97.0 Å². The van der Waals surface area contributed by atoms with Crippen LogP contribution < -0.4 is 0 Å². The molecule has 0 radical (unpaired) electrons. The number of carboxylic acids is 1. The van der Waals surface area contributed by atoms with Crippen LogP contribution in [0.3, 0.4) is 0 Å². The molecule has 0 spiro atoms. The molecule has 0 aromatic heterocycles. The van der Waals surface area contributed by atoms with Crippen molar-refractivity contribution in [3.8, 4) is 0 Å². The SMILES string of the molecule is CCC(C(=O)O)N(C)S(=O)(=O)N(C)C(C)C. The molecule has 0 aliphatic carbocycles. The van der Waals surface area contributed by atoms with Crippen LogP contribution in [-0.2, 0) is 15.0 Å². The highest BCUT2D eigenvalue weighted by Gasteiger charge is 2.33. The maximum Gasteiger partial charge on any atom is 0.322 e. The van der Waals surface area contributed by atoms with Crippen molar-refractivity contribution in [1.82, 2.24) is 8.61 Å². The Morgan fingerprint density at radius 3 is 1.94 bits per heavy atom. The van der Waals surface area contributed by atoms with Crippen LogP contribution in [0.5, 0.6) is 0 Å². The number of nitrogens with zero attached hydrogens (tertiary/aromatic N) is 2. The second-order valence-corrected chi connectivity index (χ2v) is 5.94. The van der Waals surface area contributed by atoms with Crippen LogP contribution in [0.15, 0.2) is 0 Å². The third-order valence-electron chi connectivity index (χ3n) is 2.57. The van der Waals surface area contributed by atoms with Gasteiger partial charge < -0.3 is 5.11 Å². The molecule has 16 heavy (non-hydrogen) atoms. The van der Waals surface area contributed by atoms with E-state index in [4.69, 9.17) is 5.11 Å². The van der Waals surface area contributed by atoms with Crippen LogP contribution in [0.1, 0.15) is 27.2 Å². The molecular weight excluding hydrogens is 232 g/mol. The summed E-state index contributed by atoms with van der Waals surface area (Å²) in [5, 5.41) is 8.90. The van der Waals surface area contributed by atoms with E-state index in [1.807, 2.05) is 0 Å². The van der Waals surface area contributed by atoms with Gasteiger partial charge in [0.1, 0.15) is 6.04 Å². The van der Waals surface area contributed by atoms with Crippen molar-refractivity contribution >= 4 is 16.2 Å². The molecule has 1 N–H and O–H groups in total. The highest BCUT2D eigenvalue weighted by atomic mass is 32.2. The Balaban J connectivity index is 5.10. The zero-order valence-corrected chi connectivity index (χ0v) is 11.2. The molecule has 0 saturated carbocycles. The highest BCUT2D eigenvalue weighted by Crippen LogP contribution is 2.13. The van der Waals surface area contributed by atoms with E-state index in [0.717, 1.165) is 8.61 Å². The van der Waals surface area contributed by atoms with Crippen molar-refractivity contribution in [2.75, 3.05) is 14.1 Å². The highest BCUT2D eigenvalue weighted by molar-refractivity contribution is 7.86. The number of hydrogen-bond donors (Lipinski definition) is 1. The van der Waals surface area contributed by atoms with Gasteiger partial charge in [-0.15, -0.1) is 0 Å². The summed E-state index contributed by atoms with van der Waals surface area (Å²) >= 11 is 0. The number of carboxylic acid groups (broad SMARTS) is 1. The maximum absolute atomic E-state index is 12.0. The summed E-state index contributed by atoms with van der Waals surface area (Å²) in [5.74, 6) is -1.13. The van der Waals surface area contributed by atoms with Crippen molar-refractivity contribution in [2.24, 2.45) is 0 Å². The van der Waals surface area contributed by atoms with Gasteiger partial charge in [-0.25, -0.2) is 0 Å². The van der Waals surface area contributed by atoms with Gasteiger partial charge >= 0.3 is 5.97 Å². The average molecular weight is 252 g/mol. The van der Waals surface area contributed by atoms with Crippen molar-refractivity contribution in [1.29, 1.82) is 0 Å². The Kier molecular flexibility index (Phi) is 5.37. The Bertz CT molecular complexity index is 339. The summed E-state index contributed by atoms with van der Waals surface area (Å²) < 4.78 is 26.0. The fourth-order valence-electron chi connectivity index (χ4n) is 1.22. The minimum absolute atomic E-state index is 0.209. The van der Waals surface area contributed by atoms with E-state index in [1.165, 1.54) is 14.1 Å². The van der Waals surface area contributed by atoms with E-state index >= 15 is 0 Å². The number of rotatable bonds is 6. The maximum atomic E-state index is 12.0. The lowest BCUT2D eigenvalue weighted by atomic mass is 10.2. The molecule has 0 heterocycles. The lowest BCUT2D eigenvalue weighted by molar-refractivity contribution is -0.141. The first-order valence-electron chi connectivity index (χ1n) is 5.10. The fraction of sp³-hybridized carbons (Fsp3) is 0.889. The zero-order valence-electron chi connectivity index (χ0n) is 10.3. The van der Waals surface area contributed by atoms with Crippen molar-refractivity contribution in [3.05, 3.63) is 0 Å². The van der Waals surface area contributed by atoms with Gasteiger partial charge in [0.05, 0.1) is 0 Å². The minimum atomic E-state index is -3.71. The lowest BCUT2D eigenvalue weighted by Crippen LogP contribution is -2.49. The predicted octanol–water partition coefficient (Wildman–Crippen LogP) is 0.366. The molecule has 96 valence electrons. The summed E-state index contributed by atoms with van der Waals surface area (Å²) in [4.78, 5) is 10.9. The molecule has 0 amide bonds. The Hall–Kier alpha value is -0.660.